The Balaban J connectivity index is 1.64. The molecule has 8 heteroatoms. The highest BCUT2D eigenvalue weighted by Gasteiger charge is 2.29. The Morgan fingerprint density at radius 3 is 2.75 bits per heavy atom. The van der Waals surface area contributed by atoms with Crippen molar-refractivity contribution in [1.29, 1.82) is 0 Å². The predicted octanol–water partition coefficient (Wildman–Crippen LogP) is 4.28. The topological polar surface area (TPSA) is 81.2 Å². The second-order valence-corrected chi connectivity index (χ2v) is 8.98. The molecule has 0 unspecified atom stereocenters. The summed E-state index contributed by atoms with van der Waals surface area (Å²) in [5, 5.41) is 5.89. The number of rotatable bonds is 6. The summed E-state index contributed by atoms with van der Waals surface area (Å²) in [6.07, 6.45) is 2.37. The maximum absolute atomic E-state index is 13.1. The molecule has 1 fully saturated rings. The molecule has 1 aliphatic carbocycles. The maximum atomic E-state index is 13.1. The third-order valence-corrected chi connectivity index (χ3v) is 7.10. The fourth-order valence-electron chi connectivity index (χ4n) is 3.29. The molecule has 0 spiro atoms. The Labute approximate surface area is 171 Å². The van der Waals surface area contributed by atoms with Crippen LogP contribution in [0.1, 0.15) is 62.9 Å². The van der Waals surface area contributed by atoms with Gasteiger partial charge in [0.25, 0.3) is 5.91 Å². The molecule has 3 aromatic rings. The predicted molar refractivity (Wildman–Crippen MR) is 110 cm³/mol. The third kappa shape index (κ3) is 3.66. The van der Waals surface area contributed by atoms with Crippen LogP contribution in [-0.2, 0) is 9.53 Å². The van der Waals surface area contributed by atoms with Gasteiger partial charge in [0, 0.05) is 16.2 Å². The lowest BCUT2D eigenvalue weighted by atomic mass is 10.1. The summed E-state index contributed by atoms with van der Waals surface area (Å²) in [6.45, 7) is 3.91. The number of amides is 1. The van der Waals surface area contributed by atoms with Crippen LogP contribution in [0.5, 0.6) is 0 Å². The Hall–Kier alpha value is -2.32. The van der Waals surface area contributed by atoms with Gasteiger partial charge in [0.2, 0.25) is 0 Å². The largest absolute Gasteiger partial charge is 0.469 e. The molecule has 1 N–H and O–H groups in total. The van der Waals surface area contributed by atoms with E-state index in [9.17, 15) is 9.59 Å². The van der Waals surface area contributed by atoms with Gasteiger partial charge in [-0.1, -0.05) is 6.07 Å². The number of esters is 1. The SMILES string of the molecule is COC(=O)C[C@H](NC(=O)c1sc2nc(C3CC3)nc(C)c2c1C)c1cccs1. The van der Waals surface area contributed by atoms with Crippen molar-refractivity contribution in [3.05, 3.63) is 44.3 Å². The number of thiophene rings is 2. The van der Waals surface area contributed by atoms with E-state index in [2.05, 4.69) is 10.3 Å². The minimum atomic E-state index is -0.418. The van der Waals surface area contributed by atoms with Crippen molar-refractivity contribution in [2.24, 2.45) is 0 Å². The zero-order chi connectivity index (χ0) is 19.8. The summed E-state index contributed by atoms with van der Waals surface area (Å²) in [6, 6.07) is 3.40. The molecule has 146 valence electrons. The zero-order valence-electron chi connectivity index (χ0n) is 15.9. The van der Waals surface area contributed by atoms with Gasteiger partial charge in [-0.2, -0.15) is 0 Å². The molecule has 6 nitrogen and oxygen atoms in total. The van der Waals surface area contributed by atoms with Crippen LogP contribution in [0.2, 0.25) is 0 Å². The summed E-state index contributed by atoms with van der Waals surface area (Å²) < 4.78 is 4.79. The molecule has 3 heterocycles. The smallest absolute Gasteiger partial charge is 0.307 e. The van der Waals surface area contributed by atoms with E-state index < -0.39 is 6.04 Å². The molecule has 0 aromatic carbocycles. The number of nitrogens with zero attached hydrogens (tertiary/aromatic N) is 2. The van der Waals surface area contributed by atoms with E-state index in [0.717, 1.165) is 45.0 Å². The van der Waals surface area contributed by atoms with Gasteiger partial charge in [-0.3, -0.25) is 9.59 Å². The lowest BCUT2D eigenvalue weighted by Crippen LogP contribution is -2.29. The molecule has 1 aliphatic rings. The standard InChI is InChI=1S/C20H21N3O3S2/c1-10-16-11(2)21-18(12-6-7-12)23-20(16)28-17(10)19(25)22-13(9-15(24)26-3)14-5-4-8-27-14/h4-5,8,12-13H,6-7,9H2,1-3H3,(H,22,25)/t13-/m0/s1. The number of hydrogen-bond donors (Lipinski definition) is 1. The maximum Gasteiger partial charge on any atom is 0.307 e. The molecule has 3 aromatic heterocycles. The van der Waals surface area contributed by atoms with Crippen LogP contribution in [0.3, 0.4) is 0 Å². The fraction of sp³-hybridized carbons (Fsp3) is 0.400. The number of fused-ring (bicyclic) bond motifs is 1. The van der Waals surface area contributed by atoms with Crippen molar-refractivity contribution in [3.63, 3.8) is 0 Å². The van der Waals surface area contributed by atoms with Crippen molar-refractivity contribution >= 4 is 44.8 Å². The fourth-order valence-corrected chi connectivity index (χ4v) is 5.21. The number of carbonyl (C=O) groups is 2. The van der Waals surface area contributed by atoms with Gasteiger partial charge in [0.05, 0.1) is 30.1 Å². The van der Waals surface area contributed by atoms with E-state index in [1.165, 1.54) is 29.8 Å². The number of ether oxygens (including phenoxy) is 1. The van der Waals surface area contributed by atoms with Gasteiger partial charge in [-0.25, -0.2) is 9.97 Å². The van der Waals surface area contributed by atoms with Crippen LogP contribution in [0.4, 0.5) is 0 Å². The highest BCUT2D eigenvalue weighted by Crippen LogP contribution is 2.40. The Morgan fingerprint density at radius 1 is 1.32 bits per heavy atom. The molecule has 1 amide bonds. The van der Waals surface area contributed by atoms with Gasteiger partial charge in [0.1, 0.15) is 10.7 Å². The van der Waals surface area contributed by atoms with Crippen LogP contribution < -0.4 is 5.32 Å². The quantitative estimate of drug-likeness (QED) is 0.608. The Kier molecular flexibility index (Phi) is 5.16. The second kappa shape index (κ2) is 7.60. The van der Waals surface area contributed by atoms with E-state index in [1.54, 1.807) is 0 Å². The van der Waals surface area contributed by atoms with E-state index >= 15 is 0 Å². The molecule has 4 rings (SSSR count). The summed E-state index contributed by atoms with van der Waals surface area (Å²) in [5.74, 6) is 0.795. The second-order valence-electron chi connectivity index (χ2n) is 7.00. The molecular weight excluding hydrogens is 394 g/mol. The number of hydrogen-bond acceptors (Lipinski definition) is 7. The minimum Gasteiger partial charge on any atom is -0.469 e. The number of aryl methyl sites for hydroxylation is 2. The number of carbonyl (C=O) groups excluding carboxylic acids is 2. The molecule has 1 atom stereocenters. The Bertz CT molecular complexity index is 1040. The average Bonchev–Trinajstić information content (AvgIpc) is 3.26. The van der Waals surface area contributed by atoms with Crippen LogP contribution in [-0.4, -0.2) is 29.0 Å². The number of methoxy groups -OCH3 is 1. The summed E-state index contributed by atoms with van der Waals surface area (Å²) in [5.41, 5.74) is 1.81. The first-order valence-corrected chi connectivity index (χ1v) is 10.9. The molecule has 0 radical (unpaired) electrons. The van der Waals surface area contributed by atoms with Gasteiger partial charge in [-0.05, 0) is 43.7 Å². The monoisotopic (exact) mass is 415 g/mol. The van der Waals surface area contributed by atoms with Crippen LogP contribution >= 0.6 is 22.7 Å². The first-order chi connectivity index (χ1) is 13.5. The highest BCUT2D eigenvalue weighted by atomic mass is 32.1. The molecule has 0 aliphatic heterocycles. The lowest BCUT2D eigenvalue weighted by molar-refractivity contribution is -0.141. The van der Waals surface area contributed by atoms with Crippen molar-refractivity contribution < 1.29 is 14.3 Å². The van der Waals surface area contributed by atoms with Gasteiger partial charge in [0.15, 0.2) is 0 Å². The Morgan fingerprint density at radius 2 is 2.11 bits per heavy atom. The van der Waals surface area contributed by atoms with Crippen molar-refractivity contribution in [3.8, 4) is 0 Å². The molecular formula is C20H21N3O3S2. The molecule has 1 saturated carbocycles. The summed E-state index contributed by atoms with van der Waals surface area (Å²) in [7, 11) is 1.35. The average molecular weight is 416 g/mol. The van der Waals surface area contributed by atoms with Crippen molar-refractivity contribution in [1.82, 2.24) is 15.3 Å². The third-order valence-electron chi connectivity index (χ3n) is 4.93. The van der Waals surface area contributed by atoms with Gasteiger partial charge >= 0.3 is 5.97 Å². The summed E-state index contributed by atoms with van der Waals surface area (Å²) >= 11 is 2.90. The van der Waals surface area contributed by atoms with E-state index in [4.69, 9.17) is 9.72 Å². The van der Waals surface area contributed by atoms with Crippen LogP contribution in [0.15, 0.2) is 17.5 Å². The van der Waals surface area contributed by atoms with Gasteiger partial charge < -0.3 is 10.1 Å². The molecule has 0 bridgehead atoms. The van der Waals surface area contributed by atoms with Crippen molar-refractivity contribution in [2.75, 3.05) is 7.11 Å². The van der Waals surface area contributed by atoms with Crippen molar-refractivity contribution in [2.45, 2.75) is 45.1 Å². The first kappa shape index (κ1) is 19.0. The molecule has 28 heavy (non-hydrogen) atoms. The lowest BCUT2D eigenvalue weighted by Gasteiger charge is -2.16. The zero-order valence-corrected chi connectivity index (χ0v) is 17.6. The number of aromatic nitrogens is 2. The van der Waals surface area contributed by atoms with Gasteiger partial charge in [-0.15, -0.1) is 22.7 Å². The molecule has 0 saturated heterocycles. The first-order valence-electron chi connectivity index (χ1n) is 9.16. The van der Waals surface area contributed by atoms with E-state index in [0.29, 0.717) is 10.8 Å². The highest BCUT2D eigenvalue weighted by molar-refractivity contribution is 7.20. The normalized spacial score (nSPS) is 14.8. The van der Waals surface area contributed by atoms with E-state index in [-0.39, 0.29) is 18.3 Å². The van der Waals surface area contributed by atoms with Crippen LogP contribution in [0.25, 0.3) is 10.2 Å². The summed E-state index contributed by atoms with van der Waals surface area (Å²) in [4.78, 5) is 36.6. The minimum absolute atomic E-state index is 0.0946. The van der Waals surface area contributed by atoms with E-state index in [1.807, 2.05) is 31.4 Å². The van der Waals surface area contributed by atoms with Crippen LogP contribution in [0, 0.1) is 13.8 Å². The number of nitrogens with one attached hydrogen (secondary N) is 1.